The maximum atomic E-state index is 11.3. The van der Waals surface area contributed by atoms with Crippen molar-refractivity contribution in [2.75, 3.05) is 14.2 Å². The maximum Gasteiger partial charge on any atom is 2.00 e. The van der Waals surface area contributed by atoms with Crippen LogP contribution in [-0.4, -0.2) is 54.0 Å². The van der Waals surface area contributed by atoms with Gasteiger partial charge in [-0.25, -0.2) is 5.06 Å². The van der Waals surface area contributed by atoms with E-state index >= 15 is 0 Å². The van der Waals surface area contributed by atoms with E-state index in [0.29, 0.717) is 5.76 Å². The van der Waals surface area contributed by atoms with Crippen LogP contribution in [0.4, 0.5) is 0 Å². The summed E-state index contributed by atoms with van der Waals surface area (Å²) in [7, 11) is 2.93. The number of carbonyl (C=O) groups is 2. The molecule has 2 heterocycles. The van der Waals surface area contributed by atoms with Crippen LogP contribution in [0.1, 0.15) is 28.0 Å². The zero-order valence-electron chi connectivity index (χ0n) is 13.6. The van der Waals surface area contributed by atoms with Gasteiger partial charge in [0.15, 0.2) is 17.3 Å². The Morgan fingerprint density at radius 3 is 1.75 bits per heavy atom. The van der Waals surface area contributed by atoms with Crippen LogP contribution in [0, 0.1) is 7.43 Å². The minimum absolute atomic E-state index is 0. The van der Waals surface area contributed by atoms with Crippen molar-refractivity contribution in [3.8, 4) is 0 Å². The van der Waals surface area contributed by atoms with Crippen molar-refractivity contribution in [3.05, 3.63) is 52.6 Å². The third-order valence-electron chi connectivity index (χ3n) is 2.25. The van der Waals surface area contributed by atoms with E-state index in [1.165, 1.54) is 33.6 Å². The molecule has 0 aliphatic rings. The molecule has 2 aromatic heterocycles. The van der Waals surface area contributed by atoms with E-state index in [9.17, 15) is 9.59 Å². The average molecular weight is 542 g/mol. The van der Waals surface area contributed by atoms with Crippen LogP contribution in [-0.2, 0) is 4.84 Å². The molecule has 0 aromatic carbocycles. The van der Waals surface area contributed by atoms with E-state index < -0.39 is 0 Å². The van der Waals surface area contributed by atoms with Crippen molar-refractivity contribution in [2.45, 2.75) is 6.92 Å². The Morgan fingerprint density at radius 2 is 1.50 bits per heavy atom. The predicted molar refractivity (Wildman–Crippen MR) is 94.1 cm³/mol. The molecule has 2 aromatic rings. The van der Waals surface area contributed by atoms with Gasteiger partial charge in [-0.05, 0) is 31.9 Å². The normalized spacial score (nSPS) is 8.54. The van der Waals surface area contributed by atoms with Gasteiger partial charge in [0.05, 0.1) is 16.1 Å². The number of amides is 1. The molecule has 0 spiro atoms. The van der Waals surface area contributed by atoms with Gasteiger partial charge in [-0.3, -0.25) is 14.4 Å². The summed E-state index contributed by atoms with van der Waals surface area (Å²) >= 11 is 6.32. The number of furan rings is 2. The van der Waals surface area contributed by atoms with Crippen molar-refractivity contribution in [2.24, 2.45) is 0 Å². The Bertz CT molecular complexity index is 629. The first-order valence-corrected chi connectivity index (χ1v) is 7.25. The summed E-state index contributed by atoms with van der Waals surface area (Å²) in [6, 6.07) is 3.22. The Hall–Kier alpha value is -0.134. The zero-order valence-corrected chi connectivity index (χ0v) is 19.8. The number of halogens is 3. The molecule has 24 heavy (non-hydrogen) atoms. The number of ketones is 1. The Balaban J connectivity index is -0.000000336. The fourth-order valence-corrected chi connectivity index (χ4v) is 1.76. The summed E-state index contributed by atoms with van der Waals surface area (Å²) in [6.07, 6.45) is 2.92. The number of nitrogens with zero attached hydrogens (tertiary/aromatic N) is 1. The Labute approximate surface area is 184 Å². The van der Waals surface area contributed by atoms with E-state index in [-0.39, 0.29) is 64.9 Å². The van der Waals surface area contributed by atoms with Crippen molar-refractivity contribution in [3.63, 3.8) is 0 Å². The third-order valence-corrected chi connectivity index (χ3v) is 3.08. The molecule has 0 fully saturated rings. The van der Waals surface area contributed by atoms with Gasteiger partial charge in [-0.15, -0.1) is 0 Å². The first-order valence-electron chi connectivity index (χ1n) is 5.66. The summed E-state index contributed by atoms with van der Waals surface area (Å²) in [4.78, 5) is 26.5. The van der Waals surface area contributed by atoms with E-state index in [0.717, 1.165) is 14.0 Å². The Kier molecular flexibility index (Phi) is 16.8. The molecular weight excluding hydrogens is 526 g/mol. The fourth-order valence-electron chi connectivity index (χ4n) is 1.16. The van der Waals surface area contributed by atoms with E-state index in [1.54, 1.807) is 12.1 Å². The van der Waals surface area contributed by atoms with Crippen molar-refractivity contribution < 1.29 is 40.2 Å². The van der Waals surface area contributed by atoms with Gasteiger partial charge in [0.1, 0.15) is 12.5 Å². The smallest absolute Gasteiger partial charge is 1.00 e. The molecular formula is C14H16Br3MgNO5. The number of hydroxylamine groups is 2. The van der Waals surface area contributed by atoms with Crippen LogP contribution in [0.3, 0.4) is 0 Å². The van der Waals surface area contributed by atoms with Crippen LogP contribution in [0.25, 0.3) is 0 Å². The molecule has 6 nitrogen and oxygen atoms in total. The third kappa shape index (κ3) is 9.38. The number of rotatable bonds is 3. The minimum Gasteiger partial charge on any atom is -1.00 e. The van der Waals surface area contributed by atoms with Gasteiger partial charge in [-0.2, -0.15) is 0 Å². The van der Waals surface area contributed by atoms with Gasteiger partial charge >= 0.3 is 29.0 Å². The summed E-state index contributed by atoms with van der Waals surface area (Å²) in [5.41, 5.74) is 0. The van der Waals surface area contributed by atoms with Gasteiger partial charge in [0.2, 0.25) is 0 Å². The SMILES string of the molecule is CC(=O)c1cc(Br)co1.CON(C)C(=O)c1cc(Br)co1.[Br-].[CH3-].[Mg+2]. The van der Waals surface area contributed by atoms with Crippen LogP contribution >= 0.6 is 31.9 Å². The van der Waals surface area contributed by atoms with Gasteiger partial charge in [-0.1, -0.05) is 0 Å². The number of carbonyl (C=O) groups excluding carboxylic acids is 2. The first kappa shape index (κ1) is 28.7. The minimum atomic E-state index is -0.316. The molecule has 0 atom stereocenters. The Morgan fingerprint density at radius 1 is 1.08 bits per heavy atom. The van der Waals surface area contributed by atoms with E-state index in [1.807, 2.05) is 0 Å². The molecule has 0 radical (unpaired) electrons. The predicted octanol–water partition coefficient (Wildman–Crippen LogP) is 0.994. The molecule has 0 unspecified atom stereocenters. The summed E-state index contributed by atoms with van der Waals surface area (Å²) in [6.45, 7) is 1.46. The van der Waals surface area contributed by atoms with Crippen LogP contribution in [0.2, 0.25) is 0 Å². The summed E-state index contributed by atoms with van der Waals surface area (Å²) < 4.78 is 11.3. The number of hydrogen-bond acceptors (Lipinski definition) is 5. The van der Waals surface area contributed by atoms with Gasteiger partial charge < -0.3 is 33.2 Å². The van der Waals surface area contributed by atoms with Crippen LogP contribution in [0.15, 0.2) is 42.4 Å². The van der Waals surface area contributed by atoms with E-state index in [4.69, 9.17) is 8.83 Å². The van der Waals surface area contributed by atoms with Crippen LogP contribution in [0.5, 0.6) is 0 Å². The summed E-state index contributed by atoms with van der Waals surface area (Å²) in [5, 5.41) is 1.09. The quantitative estimate of drug-likeness (QED) is 0.251. The monoisotopic (exact) mass is 539 g/mol. The van der Waals surface area contributed by atoms with Crippen molar-refractivity contribution in [1.29, 1.82) is 0 Å². The van der Waals surface area contributed by atoms with Crippen LogP contribution < -0.4 is 17.0 Å². The molecule has 0 aliphatic heterocycles. The molecule has 1 amide bonds. The van der Waals surface area contributed by atoms with Gasteiger partial charge in [0, 0.05) is 26.1 Å². The van der Waals surface area contributed by atoms with Gasteiger partial charge in [0.25, 0.3) is 0 Å². The molecule has 0 saturated heterocycles. The first-order chi connectivity index (χ1) is 9.85. The van der Waals surface area contributed by atoms with E-state index in [2.05, 4.69) is 36.7 Å². The maximum absolute atomic E-state index is 11.3. The second kappa shape index (κ2) is 14.1. The van der Waals surface area contributed by atoms with Crippen molar-refractivity contribution >= 4 is 66.6 Å². The number of hydrogen-bond donors (Lipinski definition) is 0. The second-order valence-corrected chi connectivity index (χ2v) is 5.63. The zero-order chi connectivity index (χ0) is 16.0. The molecule has 2 rings (SSSR count). The number of Topliss-reactive ketones (excluding diaryl/α,β-unsaturated/α-hetero) is 1. The second-order valence-electron chi connectivity index (χ2n) is 3.80. The van der Waals surface area contributed by atoms with Crippen molar-refractivity contribution in [1.82, 2.24) is 5.06 Å². The fraction of sp³-hybridized carbons (Fsp3) is 0.214. The molecule has 0 saturated carbocycles. The summed E-state index contributed by atoms with van der Waals surface area (Å²) in [5.74, 6) is 0.261. The molecule has 0 N–H and O–H groups in total. The molecule has 10 heteroatoms. The standard InChI is InChI=1S/C7H8BrNO3.C6H5BrO2.CH3.BrH.Mg/c1-9(11-2)7(10)6-3-5(8)4-12-6;1-4(8)6-2-5(7)3-9-6;;;/h3-4H,1-2H3;2-3H,1H3;1H3;1H;/q;;-1;;+2/p-1. The average Bonchev–Trinajstić information content (AvgIpc) is 3.06. The molecule has 130 valence electrons. The topological polar surface area (TPSA) is 72.9 Å². The largest absolute Gasteiger partial charge is 2.00 e. The molecule has 0 bridgehead atoms. The molecule has 0 aliphatic carbocycles.